The van der Waals surface area contributed by atoms with Gasteiger partial charge in [0.25, 0.3) is 11.6 Å². The molecule has 196 valence electrons. The van der Waals surface area contributed by atoms with E-state index in [-0.39, 0.29) is 6.42 Å². The van der Waals surface area contributed by atoms with Crippen LogP contribution in [0.25, 0.3) is 11.2 Å². The maximum absolute atomic E-state index is 13.3. The first kappa shape index (κ1) is 24.7. The van der Waals surface area contributed by atoms with Gasteiger partial charge in [0.2, 0.25) is 23.2 Å². The number of imidazole rings is 1. The number of nitrogens with one attached hydrogen (secondary N) is 1. The zero-order valence-electron chi connectivity index (χ0n) is 19.9. The Kier molecular flexibility index (Phi) is 6.38. The third kappa shape index (κ3) is 4.95. The molecule has 1 amide bonds. The number of benzene rings is 1. The average molecular weight is 596 g/mol. The number of H-pyrrole nitrogens is 1. The molecule has 0 spiro atoms. The molecule has 13 heteroatoms. The summed E-state index contributed by atoms with van der Waals surface area (Å²) >= 11 is 5.05. The van der Waals surface area contributed by atoms with Crippen LogP contribution in [0.4, 0.5) is 14.6 Å². The largest absolute Gasteiger partial charge is 0.486 e. The van der Waals surface area contributed by atoms with Crippen LogP contribution in [-0.2, 0) is 11.3 Å². The predicted molar refractivity (Wildman–Crippen MR) is 135 cm³/mol. The maximum atomic E-state index is 13.3. The Bertz CT molecular complexity index is 1360. The molecule has 1 atom stereocenters. The number of amides is 1. The third-order valence-corrected chi connectivity index (χ3v) is 9.02. The summed E-state index contributed by atoms with van der Waals surface area (Å²) in [5, 5.41) is 0.671. The number of likely N-dealkylation sites (tertiary alicyclic amines) is 1. The molecule has 1 unspecified atom stereocenters. The number of fused-ring (bicyclic) bond motifs is 2. The second-order valence-electron chi connectivity index (χ2n) is 9.67. The molecule has 1 saturated carbocycles. The van der Waals surface area contributed by atoms with Crippen molar-refractivity contribution < 1.29 is 27.6 Å². The number of piperidine rings is 1. The number of nitrogens with zero attached hydrogens (tertiary/aromatic N) is 4. The highest BCUT2D eigenvalue weighted by molar-refractivity contribution is 9.10. The molecule has 2 aromatic heterocycles. The normalized spacial score (nSPS) is 20.8. The number of alkyl halides is 2. The fourth-order valence-electron chi connectivity index (χ4n) is 4.89. The lowest BCUT2D eigenvalue weighted by atomic mass is 9.93. The van der Waals surface area contributed by atoms with Crippen LogP contribution in [0.15, 0.2) is 33.0 Å². The van der Waals surface area contributed by atoms with Crippen LogP contribution < -0.4 is 19.8 Å². The van der Waals surface area contributed by atoms with E-state index in [0.29, 0.717) is 72.4 Å². The van der Waals surface area contributed by atoms with Gasteiger partial charge in [-0.05, 0) is 65.0 Å². The molecule has 6 rings (SSSR count). The highest BCUT2D eigenvalue weighted by Gasteiger charge is 2.62. The molecule has 2 fully saturated rings. The summed E-state index contributed by atoms with van der Waals surface area (Å²) in [6.07, 6.45) is 3.86. The van der Waals surface area contributed by atoms with Crippen molar-refractivity contribution in [3.63, 3.8) is 0 Å². The number of nitrogens with two attached hydrogens (primary N) is 1. The number of nitrogen functional groups attached to an aromatic ring is 1. The van der Waals surface area contributed by atoms with Crippen molar-refractivity contribution in [1.82, 2.24) is 19.9 Å². The summed E-state index contributed by atoms with van der Waals surface area (Å²) in [6.45, 7) is 2.79. The van der Waals surface area contributed by atoms with E-state index >= 15 is 0 Å². The number of carbonyl (C=O) groups is 1. The Morgan fingerprint density at radius 3 is 2.68 bits per heavy atom. The van der Waals surface area contributed by atoms with Crippen LogP contribution in [0, 0.1) is 11.8 Å². The molecule has 3 aliphatic rings. The Morgan fingerprint density at radius 1 is 1.27 bits per heavy atom. The summed E-state index contributed by atoms with van der Waals surface area (Å²) in [4.78, 5) is 27.2. The van der Waals surface area contributed by atoms with E-state index in [1.165, 1.54) is 11.8 Å². The first-order chi connectivity index (χ1) is 17.8. The number of aryl methyl sites for hydroxylation is 1. The molecule has 1 aliphatic carbocycles. The molecule has 3 N–H and O–H groups in total. The van der Waals surface area contributed by atoms with Gasteiger partial charge >= 0.3 is 0 Å². The van der Waals surface area contributed by atoms with Crippen LogP contribution in [-0.4, -0.2) is 58.0 Å². The van der Waals surface area contributed by atoms with Gasteiger partial charge in [-0.1, -0.05) is 9.97 Å². The van der Waals surface area contributed by atoms with Gasteiger partial charge in [0.05, 0.1) is 6.54 Å². The van der Waals surface area contributed by atoms with E-state index < -0.39 is 17.7 Å². The smallest absolute Gasteiger partial charge is 0.294 e. The van der Waals surface area contributed by atoms with Crippen molar-refractivity contribution in [2.75, 3.05) is 32.0 Å². The topological polar surface area (TPSA) is 110 Å². The summed E-state index contributed by atoms with van der Waals surface area (Å²) in [7, 11) is 0. The van der Waals surface area contributed by atoms with Crippen LogP contribution in [0.2, 0.25) is 0 Å². The number of hydrogen-bond acceptors (Lipinski definition) is 7. The van der Waals surface area contributed by atoms with Crippen molar-refractivity contribution in [2.24, 2.45) is 11.8 Å². The van der Waals surface area contributed by atoms with E-state index in [1.807, 2.05) is 16.7 Å². The summed E-state index contributed by atoms with van der Waals surface area (Å²) < 4.78 is 40.7. The number of anilines is 1. The van der Waals surface area contributed by atoms with Gasteiger partial charge in [-0.2, -0.15) is 0 Å². The zero-order valence-corrected chi connectivity index (χ0v) is 22.3. The van der Waals surface area contributed by atoms with Gasteiger partial charge in [-0.25, -0.2) is 13.3 Å². The molecule has 0 radical (unpaired) electrons. The maximum Gasteiger partial charge on any atom is 0.294 e. The molecule has 1 saturated heterocycles. The van der Waals surface area contributed by atoms with Crippen LogP contribution in [0.3, 0.4) is 0 Å². The number of ether oxygens (including phenoxy) is 2. The fourth-order valence-corrected chi connectivity index (χ4v) is 6.27. The summed E-state index contributed by atoms with van der Waals surface area (Å²) in [6, 6.07) is 3.82. The number of aromatic amines is 1. The van der Waals surface area contributed by atoms with Crippen molar-refractivity contribution in [3.05, 3.63) is 22.9 Å². The average Bonchev–Trinajstić information content (AvgIpc) is 3.31. The van der Waals surface area contributed by atoms with Gasteiger partial charge in [0.15, 0.2) is 17.0 Å². The molecule has 0 bridgehead atoms. The number of aromatic nitrogens is 4. The second kappa shape index (κ2) is 9.57. The van der Waals surface area contributed by atoms with Gasteiger partial charge < -0.3 is 25.1 Å². The van der Waals surface area contributed by atoms with Gasteiger partial charge in [0, 0.05) is 28.9 Å². The van der Waals surface area contributed by atoms with E-state index in [1.54, 1.807) is 11.2 Å². The number of hydrogen-bond donors (Lipinski definition) is 2. The lowest BCUT2D eigenvalue weighted by molar-refractivity contribution is -0.677. The van der Waals surface area contributed by atoms with E-state index in [4.69, 9.17) is 20.2 Å². The standard InChI is InChI=1S/C24H25BrF2N6O3S/c25-15-9-16-17(36-8-7-35-16)10-18(15)37-23-30-19-20(28)29-12-33(21(19)31-23)6-3-13-1-4-32(5-2-13)22(34)14-11-24(14,26)27/h9-10,12-14H,1-8,11H2,(H2,28,30,31)/p+1. The minimum atomic E-state index is -2.81. The fraction of sp³-hybridized carbons (Fsp3) is 0.500. The van der Waals surface area contributed by atoms with Crippen molar-refractivity contribution in [3.8, 4) is 11.5 Å². The molecule has 4 heterocycles. The first-order valence-electron chi connectivity index (χ1n) is 12.3. The minimum absolute atomic E-state index is 0.307. The Labute approximate surface area is 224 Å². The highest BCUT2D eigenvalue weighted by Crippen LogP contribution is 2.49. The predicted octanol–water partition coefficient (Wildman–Crippen LogP) is 3.80. The lowest BCUT2D eigenvalue weighted by Gasteiger charge is -2.32. The van der Waals surface area contributed by atoms with Gasteiger partial charge in [-0.3, -0.25) is 4.79 Å². The first-order valence-corrected chi connectivity index (χ1v) is 13.9. The number of halogens is 3. The molecule has 2 aliphatic heterocycles. The quantitative estimate of drug-likeness (QED) is 0.417. The van der Waals surface area contributed by atoms with Gasteiger partial charge in [-0.15, -0.1) is 0 Å². The van der Waals surface area contributed by atoms with Crippen molar-refractivity contribution in [2.45, 2.75) is 48.2 Å². The van der Waals surface area contributed by atoms with Crippen LogP contribution in [0.1, 0.15) is 25.7 Å². The monoisotopic (exact) mass is 595 g/mol. The molecular formula is C24H26BrF2N6O3S+. The van der Waals surface area contributed by atoms with Crippen molar-refractivity contribution >= 4 is 50.6 Å². The summed E-state index contributed by atoms with van der Waals surface area (Å²) in [5.74, 6) is -2.14. The Balaban J connectivity index is 1.12. The summed E-state index contributed by atoms with van der Waals surface area (Å²) in [5.41, 5.74) is 7.53. The zero-order chi connectivity index (χ0) is 25.7. The highest BCUT2D eigenvalue weighted by atomic mass is 79.9. The Hall–Kier alpha value is -2.67. The van der Waals surface area contributed by atoms with Crippen LogP contribution in [0.5, 0.6) is 11.5 Å². The van der Waals surface area contributed by atoms with E-state index in [2.05, 4.69) is 25.9 Å². The van der Waals surface area contributed by atoms with Crippen molar-refractivity contribution in [1.29, 1.82) is 0 Å². The van der Waals surface area contributed by atoms with Gasteiger partial charge in [0.1, 0.15) is 19.1 Å². The molecule has 37 heavy (non-hydrogen) atoms. The molecular weight excluding hydrogens is 570 g/mol. The number of carbonyl (C=O) groups excluding carboxylic acids is 1. The van der Waals surface area contributed by atoms with Crippen LogP contribution >= 0.6 is 27.7 Å². The van der Waals surface area contributed by atoms with E-state index in [9.17, 15) is 13.6 Å². The third-order valence-electron chi connectivity index (χ3n) is 7.16. The van der Waals surface area contributed by atoms with E-state index in [0.717, 1.165) is 28.6 Å². The lowest BCUT2D eigenvalue weighted by Crippen LogP contribution is -2.42. The molecule has 9 nitrogen and oxygen atoms in total. The SMILES string of the molecule is Nc1nc[n+](CCC2CCN(C(=O)C3CC3(F)F)CC2)c2nc(Sc3cc4c(cc3Br)OCCO4)[nH]c12. The molecule has 3 aromatic rings. The number of rotatable bonds is 6. The second-order valence-corrected chi connectivity index (χ2v) is 11.6. The molecule has 1 aromatic carbocycles. The minimum Gasteiger partial charge on any atom is -0.486 e. The Morgan fingerprint density at radius 2 is 1.97 bits per heavy atom.